The lowest BCUT2D eigenvalue weighted by Gasteiger charge is -2.31. The quantitative estimate of drug-likeness (QED) is 0.661. The van der Waals surface area contributed by atoms with Crippen LogP contribution in [-0.2, 0) is 14.8 Å². The van der Waals surface area contributed by atoms with Crippen LogP contribution in [0.5, 0.6) is 0 Å². The molecule has 156 valence electrons. The molecule has 2 heterocycles. The van der Waals surface area contributed by atoms with Gasteiger partial charge in [0, 0.05) is 18.8 Å². The number of rotatable bonds is 5. The van der Waals surface area contributed by atoms with Gasteiger partial charge in [-0.25, -0.2) is 17.5 Å². The Morgan fingerprint density at radius 3 is 2.50 bits per heavy atom. The van der Waals surface area contributed by atoms with Crippen molar-refractivity contribution < 1.29 is 17.6 Å². The van der Waals surface area contributed by atoms with E-state index in [1.54, 1.807) is 12.1 Å². The number of aromatic nitrogens is 4. The molecule has 1 fully saturated rings. The zero-order valence-electron chi connectivity index (χ0n) is 15.8. The molecule has 0 unspecified atom stereocenters. The van der Waals surface area contributed by atoms with E-state index < -0.39 is 21.8 Å². The second kappa shape index (κ2) is 8.28. The standard InChI is InChI=1S/C19H19FN6O3S/c20-15-3-5-16(6-4-15)22-19(27)14-2-1-11-25(12-14)30(28,29)18-9-7-17(8-10-18)26-13-21-23-24-26/h3-10,13-14H,1-2,11-12H2,(H,22,27)/t14-/m0/s1. The lowest BCUT2D eigenvalue weighted by Crippen LogP contribution is -2.43. The maximum absolute atomic E-state index is 13.1. The number of amides is 1. The fourth-order valence-corrected chi connectivity index (χ4v) is 4.88. The molecule has 9 nitrogen and oxygen atoms in total. The van der Waals surface area contributed by atoms with Gasteiger partial charge in [-0.1, -0.05) is 0 Å². The summed E-state index contributed by atoms with van der Waals surface area (Å²) in [7, 11) is -3.75. The van der Waals surface area contributed by atoms with Crippen molar-refractivity contribution in [3.63, 3.8) is 0 Å². The summed E-state index contributed by atoms with van der Waals surface area (Å²) in [6.45, 7) is 0.432. The first-order valence-electron chi connectivity index (χ1n) is 9.33. The number of hydrogen-bond donors (Lipinski definition) is 1. The van der Waals surface area contributed by atoms with Crippen molar-refractivity contribution in [3.8, 4) is 5.69 Å². The number of benzene rings is 2. The lowest BCUT2D eigenvalue weighted by molar-refractivity contribution is -0.120. The summed E-state index contributed by atoms with van der Waals surface area (Å²) in [4.78, 5) is 12.7. The van der Waals surface area contributed by atoms with Crippen LogP contribution in [0.25, 0.3) is 5.69 Å². The molecule has 2 aromatic carbocycles. The average molecular weight is 430 g/mol. The Bertz CT molecular complexity index is 1120. The van der Waals surface area contributed by atoms with E-state index in [4.69, 9.17) is 0 Å². The van der Waals surface area contributed by atoms with Gasteiger partial charge in [-0.05, 0) is 71.8 Å². The molecule has 0 radical (unpaired) electrons. The highest BCUT2D eigenvalue weighted by atomic mass is 32.2. The van der Waals surface area contributed by atoms with E-state index in [-0.39, 0.29) is 17.3 Å². The van der Waals surface area contributed by atoms with Crippen LogP contribution in [0.3, 0.4) is 0 Å². The minimum atomic E-state index is -3.75. The molecular weight excluding hydrogens is 411 g/mol. The normalized spacial score (nSPS) is 17.6. The van der Waals surface area contributed by atoms with Gasteiger partial charge in [0.1, 0.15) is 12.1 Å². The molecule has 0 bridgehead atoms. The van der Waals surface area contributed by atoms with E-state index in [1.807, 2.05) is 0 Å². The number of hydrogen-bond acceptors (Lipinski definition) is 6. The van der Waals surface area contributed by atoms with E-state index in [0.29, 0.717) is 30.8 Å². The van der Waals surface area contributed by atoms with Crippen LogP contribution in [0.2, 0.25) is 0 Å². The number of anilines is 1. The molecule has 0 saturated carbocycles. The van der Waals surface area contributed by atoms with Crippen LogP contribution in [0.4, 0.5) is 10.1 Å². The molecule has 11 heteroatoms. The summed E-state index contributed by atoms with van der Waals surface area (Å²) < 4.78 is 41.9. The molecule has 1 amide bonds. The van der Waals surface area contributed by atoms with Crippen LogP contribution >= 0.6 is 0 Å². The van der Waals surface area contributed by atoms with Crippen molar-refractivity contribution in [1.82, 2.24) is 24.5 Å². The largest absolute Gasteiger partial charge is 0.326 e. The van der Waals surface area contributed by atoms with Gasteiger partial charge in [0.15, 0.2) is 0 Å². The third-order valence-electron chi connectivity index (χ3n) is 4.95. The van der Waals surface area contributed by atoms with E-state index >= 15 is 0 Å². The van der Waals surface area contributed by atoms with Gasteiger partial charge in [0.25, 0.3) is 0 Å². The van der Waals surface area contributed by atoms with Crippen LogP contribution in [0.1, 0.15) is 12.8 Å². The Labute approximate surface area is 172 Å². The van der Waals surface area contributed by atoms with Crippen LogP contribution in [0.15, 0.2) is 59.8 Å². The predicted octanol–water partition coefficient (Wildman–Crippen LogP) is 1.84. The first-order chi connectivity index (χ1) is 14.4. The molecule has 1 saturated heterocycles. The molecule has 1 aromatic heterocycles. The summed E-state index contributed by atoms with van der Waals surface area (Å²) in [5, 5.41) is 13.6. The number of nitrogens with one attached hydrogen (secondary N) is 1. The third-order valence-corrected chi connectivity index (χ3v) is 6.83. The molecule has 4 rings (SSSR count). The van der Waals surface area contributed by atoms with Crippen molar-refractivity contribution in [2.75, 3.05) is 18.4 Å². The second-order valence-electron chi connectivity index (χ2n) is 6.95. The highest BCUT2D eigenvalue weighted by Gasteiger charge is 2.33. The second-order valence-corrected chi connectivity index (χ2v) is 8.88. The maximum Gasteiger partial charge on any atom is 0.243 e. The first kappa shape index (κ1) is 20.1. The van der Waals surface area contributed by atoms with Crippen molar-refractivity contribution >= 4 is 21.6 Å². The van der Waals surface area contributed by atoms with Gasteiger partial charge in [-0.3, -0.25) is 4.79 Å². The van der Waals surface area contributed by atoms with E-state index in [9.17, 15) is 17.6 Å². The number of piperidine rings is 1. The zero-order valence-corrected chi connectivity index (χ0v) is 16.7. The van der Waals surface area contributed by atoms with Crippen LogP contribution in [0, 0.1) is 11.7 Å². The van der Waals surface area contributed by atoms with Crippen molar-refractivity contribution in [1.29, 1.82) is 0 Å². The van der Waals surface area contributed by atoms with Gasteiger partial charge < -0.3 is 5.32 Å². The van der Waals surface area contributed by atoms with Gasteiger partial charge in [0.2, 0.25) is 15.9 Å². The highest BCUT2D eigenvalue weighted by Crippen LogP contribution is 2.25. The highest BCUT2D eigenvalue weighted by molar-refractivity contribution is 7.89. The fraction of sp³-hybridized carbons (Fsp3) is 0.263. The van der Waals surface area contributed by atoms with Gasteiger partial charge in [0.05, 0.1) is 16.5 Å². The summed E-state index contributed by atoms with van der Waals surface area (Å²) in [6.07, 6.45) is 2.57. The van der Waals surface area contributed by atoms with Crippen molar-refractivity contribution in [2.45, 2.75) is 17.7 Å². The van der Waals surface area contributed by atoms with E-state index in [2.05, 4.69) is 20.8 Å². The number of carbonyl (C=O) groups excluding carboxylic acids is 1. The van der Waals surface area contributed by atoms with Crippen molar-refractivity contribution in [3.05, 3.63) is 60.7 Å². The number of nitrogens with zero attached hydrogens (tertiary/aromatic N) is 5. The van der Waals surface area contributed by atoms with Gasteiger partial charge >= 0.3 is 0 Å². The number of tetrazole rings is 1. The minimum Gasteiger partial charge on any atom is -0.326 e. The van der Waals surface area contributed by atoms with Gasteiger partial charge in [-0.15, -0.1) is 5.10 Å². The molecule has 30 heavy (non-hydrogen) atoms. The molecule has 3 aromatic rings. The van der Waals surface area contributed by atoms with Crippen LogP contribution < -0.4 is 5.32 Å². The Hall–Kier alpha value is -3.18. The number of carbonyl (C=O) groups is 1. The monoisotopic (exact) mass is 430 g/mol. The van der Waals surface area contributed by atoms with E-state index in [1.165, 1.54) is 51.7 Å². The summed E-state index contributed by atoms with van der Waals surface area (Å²) in [5.41, 5.74) is 1.11. The minimum absolute atomic E-state index is 0.0874. The Balaban J connectivity index is 1.46. The van der Waals surface area contributed by atoms with Crippen LogP contribution in [-0.4, -0.2) is 51.9 Å². The lowest BCUT2D eigenvalue weighted by atomic mass is 9.99. The smallest absolute Gasteiger partial charge is 0.243 e. The Morgan fingerprint density at radius 1 is 1.10 bits per heavy atom. The summed E-state index contributed by atoms with van der Waals surface area (Å²) >= 11 is 0. The molecule has 1 N–H and O–H groups in total. The number of sulfonamides is 1. The van der Waals surface area contributed by atoms with E-state index in [0.717, 1.165) is 0 Å². The topological polar surface area (TPSA) is 110 Å². The average Bonchev–Trinajstić information content (AvgIpc) is 3.30. The molecule has 1 aliphatic heterocycles. The zero-order chi connectivity index (χ0) is 21.1. The molecule has 0 spiro atoms. The fourth-order valence-electron chi connectivity index (χ4n) is 3.35. The molecule has 0 aliphatic carbocycles. The third kappa shape index (κ3) is 4.21. The Morgan fingerprint density at radius 2 is 1.83 bits per heavy atom. The SMILES string of the molecule is O=C(Nc1ccc(F)cc1)[C@H]1CCCN(S(=O)(=O)c2ccc(-n3cnnn3)cc2)C1. The predicted molar refractivity (Wildman–Crippen MR) is 106 cm³/mol. The summed E-state index contributed by atoms with van der Waals surface area (Å²) in [6, 6.07) is 11.7. The molecule has 1 atom stereocenters. The Kier molecular flexibility index (Phi) is 5.55. The molecule has 1 aliphatic rings. The summed E-state index contributed by atoms with van der Waals surface area (Å²) in [5.74, 6) is -1.16. The first-order valence-corrected chi connectivity index (χ1v) is 10.8. The van der Waals surface area contributed by atoms with Gasteiger partial charge in [-0.2, -0.15) is 4.31 Å². The molecular formula is C19H19FN6O3S. The van der Waals surface area contributed by atoms with Crippen molar-refractivity contribution in [2.24, 2.45) is 5.92 Å². The maximum atomic E-state index is 13.1. The number of halogens is 1.